The van der Waals surface area contributed by atoms with E-state index in [0.29, 0.717) is 0 Å². The normalized spacial score (nSPS) is 26.7. The Morgan fingerprint density at radius 3 is 1.64 bits per heavy atom. The van der Waals surface area contributed by atoms with Crippen LogP contribution < -0.4 is 0 Å². The molecule has 0 spiro atoms. The molecule has 4 atom stereocenters. The molecule has 2 rings (SSSR count). The molecular weight excluding hydrogens is 304 g/mol. The third-order valence-corrected chi connectivity index (χ3v) is 6.86. The molecule has 0 aromatic heterocycles. The molecule has 0 N–H and O–H groups in total. The lowest BCUT2D eigenvalue weighted by atomic mass is 9.80. The number of hydrogen-bond acceptors (Lipinski definition) is 1. The average Bonchev–Trinajstić information content (AvgIpc) is 2.61. The summed E-state index contributed by atoms with van der Waals surface area (Å²) < 4.78 is 5.92. The highest BCUT2D eigenvalue weighted by Gasteiger charge is 2.20. The Kier molecular flexibility index (Phi) is 9.31. The van der Waals surface area contributed by atoms with E-state index in [1.165, 1.54) is 64.2 Å². The second-order valence-corrected chi connectivity index (χ2v) is 9.02. The van der Waals surface area contributed by atoms with Crippen LogP contribution in [0.3, 0.4) is 0 Å². The Morgan fingerprint density at radius 1 is 0.840 bits per heavy atom. The number of hydrogen-bond donors (Lipinski definition) is 0. The van der Waals surface area contributed by atoms with Gasteiger partial charge in [-0.15, -0.1) is 0 Å². The largest absolute Gasteiger partial charge is 0.381 e. The molecule has 0 saturated carbocycles. The first kappa shape index (κ1) is 20.7. The zero-order valence-corrected chi connectivity index (χ0v) is 17.4. The summed E-state index contributed by atoms with van der Waals surface area (Å²) >= 11 is 0. The van der Waals surface area contributed by atoms with Crippen molar-refractivity contribution in [1.82, 2.24) is 0 Å². The van der Waals surface area contributed by atoms with Crippen LogP contribution in [0, 0.1) is 23.7 Å². The van der Waals surface area contributed by atoms with Gasteiger partial charge >= 0.3 is 0 Å². The molecule has 1 nitrogen and oxygen atoms in total. The van der Waals surface area contributed by atoms with Crippen molar-refractivity contribution in [2.45, 2.75) is 91.9 Å². The van der Waals surface area contributed by atoms with E-state index < -0.39 is 0 Å². The molecule has 0 aromatic carbocycles. The van der Waals surface area contributed by atoms with E-state index >= 15 is 0 Å². The smallest absolute Gasteiger partial charge is 0.0466 e. The van der Waals surface area contributed by atoms with Gasteiger partial charge in [0, 0.05) is 13.2 Å². The molecule has 4 unspecified atom stereocenters. The van der Waals surface area contributed by atoms with Crippen molar-refractivity contribution in [2.75, 3.05) is 13.2 Å². The zero-order valence-electron chi connectivity index (χ0n) is 17.4. The van der Waals surface area contributed by atoms with Gasteiger partial charge in [-0.3, -0.25) is 0 Å². The highest BCUT2D eigenvalue weighted by molar-refractivity contribution is 5.04. The van der Waals surface area contributed by atoms with Gasteiger partial charge < -0.3 is 4.74 Å². The van der Waals surface area contributed by atoms with Crippen molar-refractivity contribution in [3.63, 3.8) is 0 Å². The van der Waals surface area contributed by atoms with Crippen molar-refractivity contribution < 1.29 is 4.74 Å². The molecule has 0 radical (unpaired) electrons. The summed E-state index contributed by atoms with van der Waals surface area (Å²) in [6.45, 7) is 11.4. The van der Waals surface area contributed by atoms with E-state index in [9.17, 15) is 0 Å². The monoisotopic (exact) mass is 346 g/mol. The number of ether oxygens (including phenoxy) is 1. The second-order valence-electron chi connectivity index (χ2n) is 9.02. The minimum atomic E-state index is 0.857. The van der Waals surface area contributed by atoms with Gasteiger partial charge in [-0.25, -0.2) is 0 Å². The van der Waals surface area contributed by atoms with E-state index in [0.717, 1.165) is 36.9 Å². The highest BCUT2D eigenvalue weighted by atomic mass is 16.5. The molecule has 2 aliphatic carbocycles. The van der Waals surface area contributed by atoms with E-state index in [-0.39, 0.29) is 0 Å². The molecule has 0 aromatic rings. The van der Waals surface area contributed by atoms with Crippen LogP contribution in [0.1, 0.15) is 91.9 Å². The van der Waals surface area contributed by atoms with Gasteiger partial charge in [-0.2, -0.15) is 0 Å². The quantitative estimate of drug-likeness (QED) is 0.297. The van der Waals surface area contributed by atoms with Crippen molar-refractivity contribution in [3.05, 3.63) is 23.3 Å². The van der Waals surface area contributed by atoms with E-state index in [1.54, 1.807) is 11.1 Å². The summed E-state index contributed by atoms with van der Waals surface area (Å²) in [5.74, 6) is 3.54. The van der Waals surface area contributed by atoms with Crippen molar-refractivity contribution in [2.24, 2.45) is 23.7 Å². The van der Waals surface area contributed by atoms with Crippen LogP contribution in [0.2, 0.25) is 0 Å². The Labute approximate surface area is 157 Å². The van der Waals surface area contributed by atoms with E-state index in [1.807, 2.05) is 0 Å². The second kappa shape index (κ2) is 11.2. The lowest BCUT2D eigenvalue weighted by Crippen LogP contribution is -2.15. The molecule has 0 bridgehead atoms. The van der Waals surface area contributed by atoms with Gasteiger partial charge in [-0.05, 0) is 102 Å². The fourth-order valence-corrected chi connectivity index (χ4v) is 4.59. The first-order valence-electron chi connectivity index (χ1n) is 10.9. The summed E-state index contributed by atoms with van der Waals surface area (Å²) in [6.07, 6.45) is 18.1. The summed E-state index contributed by atoms with van der Waals surface area (Å²) in [5, 5.41) is 0. The summed E-state index contributed by atoms with van der Waals surface area (Å²) in [4.78, 5) is 0. The Bertz CT molecular complexity index is 393. The first-order valence-corrected chi connectivity index (χ1v) is 10.9. The third-order valence-electron chi connectivity index (χ3n) is 6.86. The molecule has 0 fully saturated rings. The Balaban J connectivity index is 1.45. The molecular formula is C24H42O. The molecule has 2 aliphatic rings. The van der Waals surface area contributed by atoms with Crippen LogP contribution in [0.15, 0.2) is 23.3 Å². The fourth-order valence-electron chi connectivity index (χ4n) is 4.59. The topological polar surface area (TPSA) is 9.23 Å². The summed E-state index contributed by atoms with van der Waals surface area (Å²) in [5.41, 5.74) is 3.20. The Hall–Kier alpha value is -0.560. The number of allylic oxidation sites excluding steroid dienone is 4. The van der Waals surface area contributed by atoms with Crippen molar-refractivity contribution >= 4 is 0 Å². The molecule has 25 heavy (non-hydrogen) atoms. The van der Waals surface area contributed by atoms with Crippen LogP contribution in [-0.4, -0.2) is 13.2 Å². The van der Waals surface area contributed by atoms with Crippen LogP contribution in [-0.2, 0) is 4.74 Å². The molecule has 0 heterocycles. The molecule has 144 valence electrons. The maximum absolute atomic E-state index is 5.92. The van der Waals surface area contributed by atoms with Crippen LogP contribution >= 0.6 is 0 Å². The summed E-state index contributed by atoms with van der Waals surface area (Å²) in [7, 11) is 0. The third kappa shape index (κ3) is 7.69. The lowest BCUT2D eigenvalue weighted by Gasteiger charge is -2.27. The highest BCUT2D eigenvalue weighted by Crippen LogP contribution is 2.32. The number of rotatable bonds is 10. The van der Waals surface area contributed by atoms with Crippen LogP contribution in [0.25, 0.3) is 0 Å². The average molecular weight is 347 g/mol. The minimum Gasteiger partial charge on any atom is -0.381 e. The van der Waals surface area contributed by atoms with Crippen LogP contribution in [0.5, 0.6) is 0 Å². The molecule has 1 heteroatoms. The standard InChI is InChI=1S/C24H42O/c1-19-9-13-23(14-10-19)21(3)7-5-17-25-18-6-8-22(4)24-15-11-20(2)12-16-24/h9,11,21-24H,5-8,10,12-18H2,1-4H3. The van der Waals surface area contributed by atoms with Crippen LogP contribution in [0.4, 0.5) is 0 Å². The van der Waals surface area contributed by atoms with Gasteiger partial charge in [-0.1, -0.05) is 37.1 Å². The summed E-state index contributed by atoms with van der Waals surface area (Å²) in [6, 6.07) is 0. The van der Waals surface area contributed by atoms with Gasteiger partial charge in [0.25, 0.3) is 0 Å². The minimum absolute atomic E-state index is 0.857. The van der Waals surface area contributed by atoms with Crippen molar-refractivity contribution in [3.8, 4) is 0 Å². The van der Waals surface area contributed by atoms with Gasteiger partial charge in [0.05, 0.1) is 0 Å². The van der Waals surface area contributed by atoms with Gasteiger partial charge in [0.2, 0.25) is 0 Å². The van der Waals surface area contributed by atoms with E-state index in [2.05, 4.69) is 39.8 Å². The predicted molar refractivity (Wildman–Crippen MR) is 110 cm³/mol. The molecule has 0 aliphatic heterocycles. The van der Waals surface area contributed by atoms with Gasteiger partial charge in [0.1, 0.15) is 0 Å². The first-order chi connectivity index (χ1) is 12.1. The SMILES string of the molecule is CC1=CCC(C(C)CCCOCCCC(C)C2CC=C(C)CC2)CC1. The van der Waals surface area contributed by atoms with E-state index in [4.69, 9.17) is 4.74 Å². The molecule has 0 amide bonds. The predicted octanol–water partition coefficient (Wildman–Crippen LogP) is 7.33. The Morgan fingerprint density at radius 2 is 1.28 bits per heavy atom. The zero-order chi connectivity index (χ0) is 18.1. The van der Waals surface area contributed by atoms with Gasteiger partial charge in [0.15, 0.2) is 0 Å². The maximum Gasteiger partial charge on any atom is 0.0466 e. The molecule has 0 saturated heterocycles. The van der Waals surface area contributed by atoms with Crippen molar-refractivity contribution in [1.29, 1.82) is 0 Å². The fraction of sp³-hybridized carbons (Fsp3) is 0.833. The maximum atomic E-state index is 5.92. The lowest BCUT2D eigenvalue weighted by molar-refractivity contribution is 0.114.